The van der Waals surface area contributed by atoms with Gasteiger partial charge in [-0.25, -0.2) is 0 Å². The van der Waals surface area contributed by atoms with Gasteiger partial charge in [-0.15, -0.1) is 0 Å². The van der Waals surface area contributed by atoms with Crippen molar-refractivity contribution in [3.05, 3.63) is 36.8 Å². The zero-order chi connectivity index (χ0) is 6.69. The Hall–Kier alpha value is -0.560. The van der Waals surface area contributed by atoms with Crippen LogP contribution in [0, 0.1) is 6.92 Å². The van der Waals surface area contributed by atoms with Crippen molar-refractivity contribution in [2.75, 3.05) is 0 Å². The van der Waals surface area contributed by atoms with Gasteiger partial charge in [-0.3, -0.25) is 0 Å². The van der Waals surface area contributed by atoms with E-state index in [9.17, 15) is 0 Å². The van der Waals surface area contributed by atoms with Gasteiger partial charge < -0.3 is 12.6 Å². The zero-order valence-electron chi connectivity index (χ0n) is 5.13. The van der Waals surface area contributed by atoms with Gasteiger partial charge in [-0.2, -0.15) is 4.90 Å². The summed E-state index contributed by atoms with van der Waals surface area (Å²) in [7, 11) is 0. The van der Waals surface area contributed by atoms with E-state index in [1.54, 1.807) is 0 Å². The molecule has 0 N–H and O–H groups in total. The molecule has 1 aromatic carbocycles. The van der Waals surface area contributed by atoms with Gasteiger partial charge >= 0.3 is 0 Å². The predicted octanol–water partition coefficient (Wildman–Crippen LogP) is 1.97. The number of rotatable bonds is 1. The SMILES string of the molecule is [CH2]Cc1ccc([S-])cc1. The molecule has 47 valence electrons. The van der Waals surface area contributed by atoms with Crippen molar-refractivity contribution < 1.29 is 0 Å². The highest BCUT2D eigenvalue weighted by Crippen LogP contribution is 2.02. The van der Waals surface area contributed by atoms with Crippen LogP contribution in [0.2, 0.25) is 0 Å². The first-order valence-corrected chi connectivity index (χ1v) is 3.29. The van der Waals surface area contributed by atoms with Crippen LogP contribution in [0.3, 0.4) is 0 Å². The van der Waals surface area contributed by atoms with Crippen LogP contribution in [0.15, 0.2) is 29.2 Å². The summed E-state index contributed by atoms with van der Waals surface area (Å²) in [5.74, 6) is 0. The normalized spacial score (nSPS) is 9.44. The molecule has 0 atom stereocenters. The highest BCUT2D eigenvalue weighted by atomic mass is 32.1. The fourth-order valence-electron chi connectivity index (χ4n) is 0.656. The van der Waals surface area contributed by atoms with Gasteiger partial charge in [0, 0.05) is 0 Å². The molecule has 1 heteroatoms. The molecule has 0 unspecified atom stereocenters. The molecule has 0 nitrogen and oxygen atoms in total. The van der Waals surface area contributed by atoms with Crippen molar-refractivity contribution in [2.24, 2.45) is 0 Å². The van der Waals surface area contributed by atoms with Crippen molar-refractivity contribution in [1.82, 2.24) is 0 Å². The van der Waals surface area contributed by atoms with Crippen LogP contribution in [0.25, 0.3) is 0 Å². The average Bonchev–Trinajstić information content (AvgIpc) is 1.90. The lowest BCUT2D eigenvalue weighted by atomic mass is 10.2. The molecule has 1 radical (unpaired) electrons. The summed E-state index contributed by atoms with van der Waals surface area (Å²) in [5.41, 5.74) is 1.24. The molecule has 9 heavy (non-hydrogen) atoms. The number of hydrogen-bond acceptors (Lipinski definition) is 1. The average molecular weight is 136 g/mol. The van der Waals surface area contributed by atoms with Crippen molar-refractivity contribution in [1.29, 1.82) is 0 Å². The summed E-state index contributed by atoms with van der Waals surface area (Å²) < 4.78 is 0. The highest BCUT2D eigenvalue weighted by Gasteiger charge is 1.81. The van der Waals surface area contributed by atoms with Gasteiger partial charge in [0.05, 0.1) is 0 Å². The van der Waals surface area contributed by atoms with E-state index in [1.165, 1.54) is 5.56 Å². The Bertz CT molecular complexity index is 176. The van der Waals surface area contributed by atoms with Gasteiger partial charge in [-0.05, 0) is 18.9 Å². The third-order valence-corrected chi connectivity index (χ3v) is 1.48. The van der Waals surface area contributed by atoms with Crippen LogP contribution < -0.4 is 0 Å². The molecule has 0 heterocycles. The van der Waals surface area contributed by atoms with Crippen LogP contribution in [-0.4, -0.2) is 0 Å². The topological polar surface area (TPSA) is 0 Å². The number of hydrogen-bond donors (Lipinski definition) is 0. The van der Waals surface area contributed by atoms with Gasteiger partial charge in [0.25, 0.3) is 0 Å². The minimum atomic E-state index is 0.843. The van der Waals surface area contributed by atoms with E-state index in [2.05, 4.69) is 6.92 Å². The lowest BCUT2D eigenvalue weighted by Gasteiger charge is -2.03. The van der Waals surface area contributed by atoms with E-state index < -0.39 is 0 Å². The van der Waals surface area contributed by atoms with E-state index in [4.69, 9.17) is 12.6 Å². The maximum absolute atomic E-state index is 4.90. The Morgan fingerprint density at radius 3 is 2.22 bits per heavy atom. The van der Waals surface area contributed by atoms with E-state index in [0.29, 0.717) is 0 Å². The van der Waals surface area contributed by atoms with E-state index in [1.807, 2.05) is 24.3 Å². The van der Waals surface area contributed by atoms with Gasteiger partial charge in [0.2, 0.25) is 0 Å². The van der Waals surface area contributed by atoms with Gasteiger partial charge in [-0.1, -0.05) is 24.3 Å². The zero-order valence-corrected chi connectivity index (χ0v) is 5.95. The van der Waals surface area contributed by atoms with Gasteiger partial charge in [0.15, 0.2) is 0 Å². The first-order valence-electron chi connectivity index (χ1n) is 2.88. The standard InChI is InChI=1S/C8H9S/c1-2-7-3-5-8(9)6-4-7/h3-6,9H,1-2H2/p-1. The van der Waals surface area contributed by atoms with E-state index >= 15 is 0 Å². The van der Waals surface area contributed by atoms with Crippen molar-refractivity contribution >= 4 is 12.6 Å². The fraction of sp³-hybridized carbons (Fsp3) is 0.125. The van der Waals surface area contributed by atoms with Crippen molar-refractivity contribution in [2.45, 2.75) is 11.3 Å². The lowest BCUT2D eigenvalue weighted by molar-refractivity contribution is 1.25. The quantitative estimate of drug-likeness (QED) is 0.532. The molecule has 0 bridgehead atoms. The summed E-state index contributed by atoms with van der Waals surface area (Å²) in [6, 6.07) is 7.87. The summed E-state index contributed by atoms with van der Waals surface area (Å²) in [5, 5.41) is 0. The smallest absolute Gasteiger partial charge is 0.0279 e. The Morgan fingerprint density at radius 2 is 1.78 bits per heavy atom. The molecule has 0 aliphatic rings. The second-order valence-corrected chi connectivity index (χ2v) is 2.37. The third-order valence-electron chi connectivity index (χ3n) is 1.21. The minimum absolute atomic E-state index is 0.843. The summed E-state index contributed by atoms with van der Waals surface area (Å²) in [4.78, 5) is 0.896. The van der Waals surface area contributed by atoms with Crippen LogP contribution >= 0.6 is 0 Å². The highest BCUT2D eigenvalue weighted by molar-refractivity contribution is 7.58. The first-order chi connectivity index (χ1) is 4.33. The van der Waals surface area contributed by atoms with Crippen LogP contribution in [0.5, 0.6) is 0 Å². The number of benzene rings is 1. The maximum Gasteiger partial charge on any atom is -0.0279 e. The molecule has 0 aliphatic heterocycles. The molecule has 0 aliphatic carbocycles. The summed E-state index contributed by atoms with van der Waals surface area (Å²) in [6.45, 7) is 3.75. The second kappa shape index (κ2) is 2.83. The van der Waals surface area contributed by atoms with Crippen LogP contribution in [0.4, 0.5) is 0 Å². The largest absolute Gasteiger partial charge is 0.780 e. The Morgan fingerprint density at radius 1 is 1.22 bits per heavy atom. The van der Waals surface area contributed by atoms with Crippen LogP contribution in [-0.2, 0) is 19.0 Å². The molecule has 0 fully saturated rings. The second-order valence-electron chi connectivity index (χ2n) is 1.89. The van der Waals surface area contributed by atoms with Crippen LogP contribution in [0.1, 0.15) is 5.56 Å². The maximum atomic E-state index is 4.90. The van der Waals surface area contributed by atoms with Crippen molar-refractivity contribution in [3.63, 3.8) is 0 Å². The molecular formula is C8H8S-. The Labute approximate surface area is 61.3 Å². The molecule has 0 saturated carbocycles. The molecular weight excluding hydrogens is 128 g/mol. The summed E-state index contributed by atoms with van der Waals surface area (Å²) >= 11 is 4.90. The first kappa shape index (κ1) is 6.56. The van der Waals surface area contributed by atoms with E-state index in [-0.39, 0.29) is 0 Å². The Kier molecular flexibility index (Phi) is 2.06. The lowest BCUT2D eigenvalue weighted by Crippen LogP contribution is -1.77. The third kappa shape index (κ3) is 1.68. The molecule has 0 aromatic heterocycles. The fourth-order valence-corrected chi connectivity index (χ4v) is 0.792. The summed E-state index contributed by atoms with van der Waals surface area (Å²) in [6.07, 6.45) is 0.843. The molecule has 0 spiro atoms. The molecule has 1 rings (SSSR count). The van der Waals surface area contributed by atoms with E-state index in [0.717, 1.165) is 11.3 Å². The monoisotopic (exact) mass is 136 g/mol. The predicted molar refractivity (Wildman–Crippen MR) is 41.1 cm³/mol. The van der Waals surface area contributed by atoms with Crippen molar-refractivity contribution in [3.8, 4) is 0 Å². The Balaban J connectivity index is 2.88. The molecule has 1 aromatic rings. The minimum Gasteiger partial charge on any atom is -0.780 e. The molecule has 0 saturated heterocycles. The molecule has 0 amide bonds. The van der Waals surface area contributed by atoms with Gasteiger partial charge in [0.1, 0.15) is 0 Å².